The lowest BCUT2D eigenvalue weighted by Crippen LogP contribution is -2.42. The third kappa shape index (κ3) is 4.09. The van der Waals surface area contributed by atoms with Gasteiger partial charge in [-0.2, -0.15) is 17.5 Å². The second-order valence-electron chi connectivity index (χ2n) is 7.63. The molecule has 7 nitrogen and oxygen atoms in total. The molecule has 1 aromatic heterocycles. The number of nitrogens with zero attached hydrogens (tertiary/aromatic N) is 2. The van der Waals surface area contributed by atoms with E-state index < -0.39 is 32.7 Å². The quantitative estimate of drug-likeness (QED) is 0.508. The van der Waals surface area contributed by atoms with Gasteiger partial charge < -0.3 is 18.8 Å². The van der Waals surface area contributed by atoms with E-state index in [9.17, 15) is 21.6 Å². The molecule has 0 spiro atoms. The molecule has 0 aliphatic carbocycles. The Morgan fingerprint density at radius 3 is 2.18 bits per heavy atom. The summed E-state index contributed by atoms with van der Waals surface area (Å²) in [6.07, 6.45) is -2.84. The number of hydrogen-bond acceptors (Lipinski definition) is 5. The van der Waals surface area contributed by atoms with Gasteiger partial charge in [-0.1, -0.05) is 6.07 Å². The number of halogens is 3. The minimum absolute atomic E-state index is 0.0571. The molecule has 4 rings (SSSR count). The van der Waals surface area contributed by atoms with Gasteiger partial charge in [0, 0.05) is 25.0 Å². The first-order valence-corrected chi connectivity index (χ1v) is 11.7. The van der Waals surface area contributed by atoms with Gasteiger partial charge >= 0.3 is 6.18 Å². The van der Waals surface area contributed by atoms with E-state index in [2.05, 4.69) is 0 Å². The molecule has 0 N–H and O–H groups in total. The number of methoxy groups -OCH3 is 3. The third-order valence-corrected chi connectivity index (χ3v) is 7.63. The van der Waals surface area contributed by atoms with Gasteiger partial charge in [-0.3, -0.25) is 0 Å². The molecular weight excluding hydrogens is 473 g/mol. The van der Waals surface area contributed by atoms with Crippen LogP contribution in [0.2, 0.25) is 0 Å². The molecule has 0 saturated heterocycles. The number of ether oxygens (including phenoxy) is 3. The maximum absolute atomic E-state index is 13.7. The Hall–Kier alpha value is -3.18. The molecule has 1 aliphatic heterocycles. The molecule has 0 radical (unpaired) electrons. The van der Waals surface area contributed by atoms with Crippen molar-refractivity contribution >= 4 is 10.0 Å². The summed E-state index contributed by atoms with van der Waals surface area (Å²) in [6.45, 7) is 0.406. The maximum atomic E-state index is 13.7. The Balaban J connectivity index is 1.89. The van der Waals surface area contributed by atoms with Crippen LogP contribution in [0.3, 0.4) is 0 Å². The van der Waals surface area contributed by atoms with Crippen molar-refractivity contribution in [1.82, 2.24) is 8.87 Å². The Morgan fingerprint density at radius 2 is 1.59 bits per heavy atom. The molecule has 0 unspecified atom stereocenters. The number of hydrogen-bond donors (Lipinski definition) is 0. The van der Waals surface area contributed by atoms with E-state index in [0.717, 1.165) is 12.1 Å². The zero-order valence-electron chi connectivity index (χ0n) is 18.7. The molecule has 11 heteroatoms. The van der Waals surface area contributed by atoms with Gasteiger partial charge in [-0.25, -0.2) is 8.42 Å². The number of aromatic nitrogens is 1. The molecule has 1 aliphatic rings. The van der Waals surface area contributed by atoms with Crippen LogP contribution in [0.1, 0.15) is 22.9 Å². The molecule has 1 atom stereocenters. The van der Waals surface area contributed by atoms with Crippen LogP contribution in [0.15, 0.2) is 59.6 Å². The van der Waals surface area contributed by atoms with Gasteiger partial charge in [-0.15, -0.1) is 0 Å². The fourth-order valence-electron chi connectivity index (χ4n) is 4.19. The maximum Gasteiger partial charge on any atom is 0.416 e. The topological polar surface area (TPSA) is 70.0 Å². The Labute approximate surface area is 195 Å². The number of alkyl halides is 3. The van der Waals surface area contributed by atoms with Gasteiger partial charge in [0.05, 0.1) is 37.8 Å². The second kappa shape index (κ2) is 8.88. The molecular formula is C23H23F3N2O5S. The van der Waals surface area contributed by atoms with Crippen LogP contribution in [0.5, 0.6) is 17.2 Å². The van der Waals surface area contributed by atoms with Gasteiger partial charge in [0.25, 0.3) is 0 Å². The first-order chi connectivity index (χ1) is 16.1. The summed E-state index contributed by atoms with van der Waals surface area (Å²) in [5.41, 5.74) is 0.152. The van der Waals surface area contributed by atoms with Crippen LogP contribution in [-0.4, -0.2) is 45.2 Å². The Morgan fingerprint density at radius 1 is 0.912 bits per heavy atom. The number of benzene rings is 2. The van der Waals surface area contributed by atoms with Crippen LogP contribution >= 0.6 is 0 Å². The largest absolute Gasteiger partial charge is 0.493 e. The molecule has 2 heterocycles. The van der Waals surface area contributed by atoms with E-state index in [1.54, 1.807) is 24.3 Å². The molecule has 34 heavy (non-hydrogen) atoms. The smallest absolute Gasteiger partial charge is 0.416 e. The minimum Gasteiger partial charge on any atom is -0.493 e. The summed E-state index contributed by atoms with van der Waals surface area (Å²) in [5.74, 6) is 1.00. The molecule has 182 valence electrons. The van der Waals surface area contributed by atoms with Crippen molar-refractivity contribution in [3.63, 3.8) is 0 Å². The van der Waals surface area contributed by atoms with E-state index in [-0.39, 0.29) is 6.54 Å². The predicted molar refractivity (Wildman–Crippen MR) is 118 cm³/mol. The van der Waals surface area contributed by atoms with Crippen LogP contribution in [0, 0.1) is 0 Å². The normalized spacial score (nSPS) is 16.7. The van der Waals surface area contributed by atoms with E-state index in [1.165, 1.54) is 31.7 Å². The molecule has 0 fully saturated rings. The summed E-state index contributed by atoms with van der Waals surface area (Å²) < 4.78 is 86.6. The average molecular weight is 497 g/mol. The van der Waals surface area contributed by atoms with Crippen LogP contribution in [0.25, 0.3) is 0 Å². The first-order valence-electron chi connectivity index (χ1n) is 10.3. The highest BCUT2D eigenvalue weighted by atomic mass is 32.2. The van der Waals surface area contributed by atoms with Crippen molar-refractivity contribution in [1.29, 1.82) is 0 Å². The Kier molecular flexibility index (Phi) is 6.26. The molecule has 0 bridgehead atoms. The van der Waals surface area contributed by atoms with Crippen LogP contribution in [0.4, 0.5) is 13.2 Å². The summed E-state index contributed by atoms with van der Waals surface area (Å²) >= 11 is 0. The molecule has 0 amide bonds. The standard InChI is InChI=1S/C23H23F3N2O5S/c1-31-19-12-15(13-20(32-2)22(19)33-3)21-18-8-5-9-27(18)10-11-28(21)34(29,30)17-7-4-6-16(14-17)23(24,25)26/h4-9,12-14,21H,10-11H2,1-3H3/t21-/m0/s1. The summed E-state index contributed by atoms with van der Waals surface area (Å²) in [5, 5.41) is 0. The summed E-state index contributed by atoms with van der Waals surface area (Å²) in [6, 6.07) is 9.79. The van der Waals surface area contributed by atoms with Gasteiger partial charge in [0.2, 0.25) is 15.8 Å². The van der Waals surface area contributed by atoms with Crippen molar-refractivity contribution in [2.75, 3.05) is 27.9 Å². The first kappa shape index (κ1) is 24.0. The lowest BCUT2D eigenvalue weighted by molar-refractivity contribution is -0.137. The highest BCUT2D eigenvalue weighted by Gasteiger charge is 2.40. The monoisotopic (exact) mass is 496 g/mol. The zero-order chi connectivity index (χ0) is 24.7. The van der Waals surface area contributed by atoms with E-state index in [1.807, 2.05) is 10.8 Å². The Bertz CT molecular complexity index is 1280. The van der Waals surface area contributed by atoms with E-state index >= 15 is 0 Å². The minimum atomic E-state index is -4.67. The van der Waals surface area contributed by atoms with E-state index in [0.29, 0.717) is 41.1 Å². The molecule has 0 saturated carbocycles. The van der Waals surface area contributed by atoms with Crippen molar-refractivity contribution in [2.24, 2.45) is 0 Å². The van der Waals surface area contributed by atoms with Crippen LogP contribution < -0.4 is 14.2 Å². The SMILES string of the molecule is COc1cc([C@H]2c3cccn3CCN2S(=O)(=O)c2cccc(C(F)(F)F)c2)cc(OC)c1OC. The second-order valence-corrected chi connectivity index (χ2v) is 9.52. The fourth-order valence-corrected chi connectivity index (χ4v) is 5.81. The van der Waals surface area contributed by atoms with Gasteiger partial charge in [-0.05, 0) is 48.0 Å². The summed E-state index contributed by atoms with van der Waals surface area (Å²) in [7, 11) is 0.0366. The zero-order valence-corrected chi connectivity index (χ0v) is 19.5. The number of rotatable bonds is 6. The van der Waals surface area contributed by atoms with Crippen molar-refractivity contribution in [3.8, 4) is 17.2 Å². The van der Waals surface area contributed by atoms with Crippen LogP contribution in [-0.2, 0) is 22.7 Å². The molecule has 3 aromatic rings. The lowest BCUT2D eigenvalue weighted by Gasteiger charge is -2.36. The molecule has 2 aromatic carbocycles. The van der Waals surface area contributed by atoms with Crippen molar-refractivity contribution < 1.29 is 35.8 Å². The van der Waals surface area contributed by atoms with Gasteiger partial charge in [0.1, 0.15) is 0 Å². The van der Waals surface area contributed by atoms with Crippen molar-refractivity contribution in [3.05, 3.63) is 71.5 Å². The third-order valence-electron chi connectivity index (χ3n) is 5.76. The predicted octanol–water partition coefficient (Wildman–Crippen LogP) is 4.33. The number of fused-ring (bicyclic) bond motifs is 1. The van der Waals surface area contributed by atoms with Gasteiger partial charge in [0.15, 0.2) is 11.5 Å². The van der Waals surface area contributed by atoms with E-state index in [4.69, 9.17) is 14.2 Å². The lowest BCUT2D eigenvalue weighted by atomic mass is 10.0. The average Bonchev–Trinajstić information content (AvgIpc) is 3.31. The summed E-state index contributed by atoms with van der Waals surface area (Å²) in [4.78, 5) is -0.431. The highest BCUT2D eigenvalue weighted by Crippen LogP contribution is 2.44. The number of sulfonamides is 1. The highest BCUT2D eigenvalue weighted by molar-refractivity contribution is 7.89. The van der Waals surface area contributed by atoms with Crippen molar-refractivity contribution in [2.45, 2.75) is 23.7 Å². The fraction of sp³-hybridized carbons (Fsp3) is 0.304.